The fourth-order valence-corrected chi connectivity index (χ4v) is 4.39. The number of aryl methyl sites for hydroxylation is 2. The van der Waals surface area contributed by atoms with Crippen molar-refractivity contribution in [3.05, 3.63) is 107 Å². The van der Waals surface area contributed by atoms with Gasteiger partial charge in [-0.15, -0.1) is 10.2 Å². The van der Waals surface area contributed by atoms with Gasteiger partial charge in [0.25, 0.3) is 0 Å². The number of carbonyl (C=O) groups excluding carboxylic acids is 1. The number of benzene rings is 3. The number of hydrogen-bond donors (Lipinski definition) is 1. The largest absolute Gasteiger partial charge is 0.367 e. The van der Waals surface area contributed by atoms with Gasteiger partial charge in [-0.2, -0.15) is 0 Å². The maximum absolute atomic E-state index is 12.3. The number of ether oxygens (including phenoxy) is 1. The van der Waals surface area contributed by atoms with Crippen LogP contribution in [0.1, 0.15) is 28.1 Å². The van der Waals surface area contributed by atoms with Gasteiger partial charge < -0.3 is 10.1 Å². The van der Waals surface area contributed by atoms with Gasteiger partial charge >= 0.3 is 0 Å². The molecule has 34 heavy (non-hydrogen) atoms. The first-order chi connectivity index (χ1) is 16.6. The molecular weight excluding hydrogens is 444 g/mol. The summed E-state index contributed by atoms with van der Waals surface area (Å²) in [5.74, 6) is 1.26. The van der Waals surface area contributed by atoms with Crippen LogP contribution in [0.5, 0.6) is 0 Å². The number of nitrogens with one attached hydrogen (secondary N) is 1. The van der Waals surface area contributed by atoms with Crippen molar-refractivity contribution in [2.24, 2.45) is 0 Å². The lowest BCUT2D eigenvalue weighted by molar-refractivity contribution is -0.126. The topological polar surface area (TPSA) is 69.0 Å². The molecule has 0 atom stereocenters. The first-order valence-corrected chi connectivity index (χ1v) is 12.1. The summed E-state index contributed by atoms with van der Waals surface area (Å²) in [5, 5.41) is 12.5. The molecular formula is C27H28N4O2S. The van der Waals surface area contributed by atoms with Crippen LogP contribution in [0.3, 0.4) is 0 Å². The van der Waals surface area contributed by atoms with Gasteiger partial charge in [0, 0.05) is 11.4 Å². The van der Waals surface area contributed by atoms with Crippen LogP contribution in [0, 0.1) is 13.8 Å². The predicted octanol–water partition coefficient (Wildman–Crippen LogP) is 5.01. The van der Waals surface area contributed by atoms with Crippen LogP contribution in [0.4, 0.5) is 0 Å². The zero-order chi connectivity index (χ0) is 23.8. The zero-order valence-corrected chi connectivity index (χ0v) is 20.2. The average molecular weight is 473 g/mol. The minimum atomic E-state index is -0.191. The number of aromatic nitrogens is 3. The fourth-order valence-electron chi connectivity index (χ4n) is 3.48. The molecule has 0 radical (unpaired) electrons. The van der Waals surface area contributed by atoms with Crippen molar-refractivity contribution >= 4 is 17.7 Å². The molecule has 0 saturated heterocycles. The Morgan fingerprint density at radius 2 is 1.68 bits per heavy atom. The molecule has 1 N–H and O–H groups in total. The number of carbonyl (C=O) groups is 1. The van der Waals surface area contributed by atoms with E-state index in [1.807, 2.05) is 47.0 Å². The summed E-state index contributed by atoms with van der Waals surface area (Å²) in [6.45, 7) is 4.79. The van der Waals surface area contributed by atoms with Crippen molar-refractivity contribution in [3.8, 4) is 5.69 Å². The van der Waals surface area contributed by atoms with Crippen molar-refractivity contribution in [1.82, 2.24) is 20.1 Å². The number of amides is 1. The first-order valence-electron chi connectivity index (χ1n) is 11.2. The summed E-state index contributed by atoms with van der Waals surface area (Å²) >= 11 is 1.63. The predicted molar refractivity (Wildman–Crippen MR) is 135 cm³/mol. The monoisotopic (exact) mass is 472 g/mol. The maximum Gasteiger partial charge on any atom is 0.246 e. The Morgan fingerprint density at radius 3 is 2.44 bits per heavy atom. The van der Waals surface area contributed by atoms with Gasteiger partial charge in [-0.3, -0.25) is 9.36 Å². The highest BCUT2D eigenvalue weighted by Crippen LogP contribution is 2.26. The summed E-state index contributed by atoms with van der Waals surface area (Å²) < 4.78 is 7.55. The van der Waals surface area contributed by atoms with E-state index in [0.717, 1.165) is 22.2 Å². The smallest absolute Gasteiger partial charge is 0.246 e. The Hall–Kier alpha value is -3.42. The van der Waals surface area contributed by atoms with E-state index in [-0.39, 0.29) is 19.1 Å². The zero-order valence-electron chi connectivity index (χ0n) is 19.4. The second-order valence-electron chi connectivity index (χ2n) is 8.10. The lowest BCUT2D eigenvalue weighted by Gasteiger charge is -2.12. The minimum Gasteiger partial charge on any atom is -0.367 e. The van der Waals surface area contributed by atoms with Gasteiger partial charge in [-0.1, -0.05) is 89.6 Å². The van der Waals surface area contributed by atoms with Crippen molar-refractivity contribution in [3.63, 3.8) is 0 Å². The molecule has 0 aliphatic carbocycles. The van der Waals surface area contributed by atoms with E-state index in [1.165, 1.54) is 16.7 Å². The molecule has 0 spiro atoms. The van der Waals surface area contributed by atoms with Crippen molar-refractivity contribution in [1.29, 1.82) is 0 Å². The molecule has 0 saturated carbocycles. The lowest BCUT2D eigenvalue weighted by atomic mass is 10.2. The third-order valence-electron chi connectivity index (χ3n) is 5.23. The first kappa shape index (κ1) is 23.7. The van der Waals surface area contributed by atoms with Crippen LogP contribution < -0.4 is 5.32 Å². The third-order valence-corrected chi connectivity index (χ3v) is 6.23. The van der Waals surface area contributed by atoms with E-state index in [4.69, 9.17) is 4.74 Å². The molecule has 1 aromatic heterocycles. The molecule has 4 rings (SSSR count). The number of hydrogen-bond acceptors (Lipinski definition) is 5. The highest BCUT2D eigenvalue weighted by atomic mass is 32.2. The molecule has 1 amide bonds. The van der Waals surface area contributed by atoms with Gasteiger partial charge in [0.1, 0.15) is 6.61 Å². The van der Waals surface area contributed by atoms with Crippen LogP contribution in [0.25, 0.3) is 5.69 Å². The van der Waals surface area contributed by atoms with Gasteiger partial charge in [0.15, 0.2) is 11.0 Å². The third kappa shape index (κ3) is 6.56. The highest BCUT2D eigenvalue weighted by Gasteiger charge is 2.16. The van der Waals surface area contributed by atoms with E-state index in [9.17, 15) is 4.79 Å². The van der Waals surface area contributed by atoms with Crippen molar-refractivity contribution in [2.45, 2.75) is 37.9 Å². The molecule has 0 aliphatic rings. The Morgan fingerprint density at radius 1 is 0.912 bits per heavy atom. The summed E-state index contributed by atoms with van der Waals surface area (Å²) in [4.78, 5) is 12.3. The summed E-state index contributed by atoms with van der Waals surface area (Å²) in [6.07, 6.45) is 0. The second kappa shape index (κ2) is 11.6. The van der Waals surface area contributed by atoms with E-state index < -0.39 is 0 Å². The van der Waals surface area contributed by atoms with E-state index in [2.05, 4.69) is 65.8 Å². The summed E-state index contributed by atoms with van der Waals surface area (Å²) in [7, 11) is 0. The molecule has 0 bridgehead atoms. The number of nitrogens with zero attached hydrogens (tertiary/aromatic N) is 3. The fraction of sp³-hybridized carbons (Fsp3) is 0.222. The van der Waals surface area contributed by atoms with Crippen molar-refractivity contribution in [2.75, 3.05) is 6.61 Å². The normalized spacial score (nSPS) is 10.9. The van der Waals surface area contributed by atoms with Gasteiger partial charge in [0.2, 0.25) is 5.91 Å². The second-order valence-corrected chi connectivity index (χ2v) is 9.05. The Bertz CT molecular complexity index is 1220. The van der Waals surface area contributed by atoms with Crippen LogP contribution in [0.2, 0.25) is 0 Å². The minimum absolute atomic E-state index is 0.0114. The van der Waals surface area contributed by atoms with E-state index in [0.29, 0.717) is 12.4 Å². The quantitative estimate of drug-likeness (QED) is 0.329. The van der Waals surface area contributed by atoms with Gasteiger partial charge in [-0.05, 0) is 37.1 Å². The summed E-state index contributed by atoms with van der Waals surface area (Å²) in [5.41, 5.74) is 5.64. The Balaban J connectivity index is 1.42. The molecule has 0 fully saturated rings. The highest BCUT2D eigenvalue weighted by molar-refractivity contribution is 7.98. The number of thioether (sulfide) groups is 1. The molecule has 0 aliphatic heterocycles. The standard InChI is InChI=1S/C27H28N4O2S/c1-20-11-13-24(14-12-20)31-25(16-28-26(32)18-33-17-22-8-4-3-5-9-22)29-30-27(31)34-19-23-10-6-7-21(2)15-23/h3-15H,16-19H2,1-2H3,(H,28,32). The van der Waals surface area contributed by atoms with E-state index in [1.54, 1.807) is 11.8 Å². The van der Waals surface area contributed by atoms with E-state index >= 15 is 0 Å². The van der Waals surface area contributed by atoms with Crippen molar-refractivity contribution < 1.29 is 9.53 Å². The lowest BCUT2D eigenvalue weighted by Crippen LogP contribution is -2.28. The SMILES string of the molecule is Cc1ccc(-n2c(CNC(=O)COCc3ccccc3)nnc2SCc2cccc(C)c2)cc1. The summed E-state index contributed by atoms with van der Waals surface area (Å²) in [6, 6.07) is 26.4. The van der Waals surface area contributed by atoms with Crippen LogP contribution in [-0.4, -0.2) is 27.3 Å². The average Bonchev–Trinajstić information content (AvgIpc) is 3.25. The van der Waals surface area contributed by atoms with Gasteiger partial charge in [0.05, 0.1) is 13.2 Å². The van der Waals surface area contributed by atoms with Crippen LogP contribution in [-0.2, 0) is 28.4 Å². The maximum atomic E-state index is 12.3. The molecule has 174 valence electrons. The molecule has 6 nitrogen and oxygen atoms in total. The molecule has 7 heteroatoms. The Labute approximate surface area is 204 Å². The Kier molecular flexibility index (Phi) is 8.12. The number of rotatable bonds is 10. The molecule has 3 aromatic carbocycles. The van der Waals surface area contributed by atoms with Gasteiger partial charge in [-0.25, -0.2) is 0 Å². The van der Waals surface area contributed by atoms with Crippen LogP contribution in [0.15, 0.2) is 84.0 Å². The van der Waals surface area contributed by atoms with Crippen LogP contribution >= 0.6 is 11.8 Å². The molecule has 0 unspecified atom stereocenters. The molecule has 1 heterocycles. The molecule has 4 aromatic rings.